The maximum absolute atomic E-state index is 12.7. The molecule has 0 aliphatic carbocycles. The average Bonchev–Trinajstić information content (AvgIpc) is 2.91. The lowest BCUT2D eigenvalue weighted by Gasteiger charge is -2.27. The fourth-order valence-electron chi connectivity index (χ4n) is 2.85. The molecular weight excluding hydrogens is 260 g/mol. The number of rotatable bonds is 4. The number of methoxy groups -OCH3 is 1. The van der Waals surface area contributed by atoms with Crippen molar-refractivity contribution in [2.75, 3.05) is 20.3 Å². The highest BCUT2D eigenvalue weighted by Gasteiger charge is 2.40. The molecular formula is C14H22N2O4. The van der Waals surface area contributed by atoms with E-state index in [4.69, 9.17) is 15.2 Å². The minimum atomic E-state index is -0.583. The number of nitrogens with two attached hydrogens (primary N) is 1. The summed E-state index contributed by atoms with van der Waals surface area (Å²) in [6.07, 6.45) is 2.54. The minimum Gasteiger partial charge on any atom is -0.497 e. The van der Waals surface area contributed by atoms with Crippen LogP contribution in [0.15, 0.2) is 11.3 Å². The van der Waals surface area contributed by atoms with Crippen molar-refractivity contribution in [2.45, 2.75) is 44.8 Å². The van der Waals surface area contributed by atoms with Crippen LogP contribution in [0.1, 0.15) is 32.6 Å². The third-order valence-corrected chi connectivity index (χ3v) is 3.95. The standard InChI is InChI=1S/C14H22N2O4/c1-3-12-10(5-4-6-20-12)14(18)16-8-9(19-2)7-11(16)13(15)17/h9,11H,3-8H2,1-2H3,(H2,15,17)/t9-,11-/m0/s1. The molecule has 2 rings (SSSR count). The minimum absolute atomic E-state index is 0.133. The van der Waals surface area contributed by atoms with Crippen LogP contribution in [0.3, 0.4) is 0 Å². The summed E-state index contributed by atoms with van der Waals surface area (Å²) in [6.45, 7) is 3.02. The second-order valence-electron chi connectivity index (χ2n) is 5.18. The van der Waals surface area contributed by atoms with Gasteiger partial charge in [-0.1, -0.05) is 6.92 Å². The molecule has 1 fully saturated rings. The van der Waals surface area contributed by atoms with E-state index in [1.165, 1.54) is 4.90 Å². The molecule has 2 N–H and O–H groups in total. The van der Waals surface area contributed by atoms with Gasteiger partial charge in [0.15, 0.2) is 0 Å². The van der Waals surface area contributed by atoms with Crippen LogP contribution in [-0.4, -0.2) is 49.1 Å². The zero-order valence-electron chi connectivity index (χ0n) is 12.1. The van der Waals surface area contributed by atoms with Crippen molar-refractivity contribution in [3.8, 4) is 0 Å². The van der Waals surface area contributed by atoms with E-state index in [2.05, 4.69) is 0 Å². The van der Waals surface area contributed by atoms with E-state index >= 15 is 0 Å². The number of amides is 2. The lowest BCUT2D eigenvalue weighted by Crippen LogP contribution is -2.44. The molecule has 0 aromatic rings. The Kier molecular flexibility index (Phi) is 4.65. The second kappa shape index (κ2) is 6.26. The Hall–Kier alpha value is -1.56. The molecule has 2 aliphatic rings. The van der Waals surface area contributed by atoms with Gasteiger partial charge in [-0.3, -0.25) is 9.59 Å². The first-order valence-corrected chi connectivity index (χ1v) is 7.06. The van der Waals surface area contributed by atoms with Gasteiger partial charge in [0.05, 0.1) is 18.3 Å². The average molecular weight is 282 g/mol. The first-order valence-electron chi connectivity index (χ1n) is 7.06. The monoisotopic (exact) mass is 282 g/mol. The Balaban J connectivity index is 2.22. The fraction of sp³-hybridized carbons (Fsp3) is 0.714. The predicted octanol–water partition coefficient (Wildman–Crippen LogP) is 0.562. The summed E-state index contributed by atoms with van der Waals surface area (Å²) in [5, 5.41) is 0. The first kappa shape index (κ1) is 14.8. The van der Waals surface area contributed by atoms with Gasteiger partial charge in [0.25, 0.3) is 5.91 Å². The zero-order chi connectivity index (χ0) is 14.7. The van der Waals surface area contributed by atoms with E-state index in [0.717, 1.165) is 12.2 Å². The molecule has 0 radical (unpaired) electrons. The van der Waals surface area contributed by atoms with E-state index in [0.29, 0.717) is 38.0 Å². The molecule has 112 valence electrons. The van der Waals surface area contributed by atoms with Crippen molar-refractivity contribution < 1.29 is 19.1 Å². The topological polar surface area (TPSA) is 81.9 Å². The van der Waals surface area contributed by atoms with E-state index < -0.39 is 11.9 Å². The van der Waals surface area contributed by atoms with Crippen molar-refractivity contribution in [2.24, 2.45) is 5.73 Å². The normalized spacial score (nSPS) is 26.6. The second-order valence-corrected chi connectivity index (χ2v) is 5.18. The molecule has 0 bridgehead atoms. The molecule has 2 atom stereocenters. The van der Waals surface area contributed by atoms with Crippen molar-refractivity contribution in [3.63, 3.8) is 0 Å². The highest BCUT2D eigenvalue weighted by Crippen LogP contribution is 2.28. The van der Waals surface area contributed by atoms with E-state index in [1.807, 2.05) is 6.92 Å². The lowest BCUT2D eigenvalue weighted by molar-refractivity contribution is -0.134. The number of likely N-dealkylation sites (tertiary alicyclic amines) is 1. The Labute approximate surface area is 118 Å². The maximum Gasteiger partial charge on any atom is 0.253 e. The smallest absolute Gasteiger partial charge is 0.253 e. The quantitative estimate of drug-likeness (QED) is 0.817. The highest BCUT2D eigenvalue weighted by molar-refractivity contribution is 5.97. The number of ether oxygens (including phenoxy) is 2. The molecule has 6 heteroatoms. The molecule has 0 aromatic carbocycles. The Morgan fingerprint density at radius 1 is 1.50 bits per heavy atom. The zero-order valence-corrected chi connectivity index (χ0v) is 12.1. The number of nitrogens with zero attached hydrogens (tertiary/aromatic N) is 1. The fourth-order valence-corrected chi connectivity index (χ4v) is 2.85. The molecule has 0 unspecified atom stereocenters. The molecule has 0 spiro atoms. The Bertz CT molecular complexity index is 433. The van der Waals surface area contributed by atoms with E-state index in [-0.39, 0.29) is 12.0 Å². The van der Waals surface area contributed by atoms with Gasteiger partial charge >= 0.3 is 0 Å². The molecule has 20 heavy (non-hydrogen) atoms. The largest absolute Gasteiger partial charge is 0.497 e. The molecule has 2 heterocycles. The number of carbonyl (C=O) groups is 2. The van der Waals surface area contributed by atoms with Gasteiger partial charge < -0.3 is 20.1 Å². The number of hydrogen-bond acceptors (Lipinski definition) is 4. The van der Waals surface area contributed by atoms with E-state index in [9.17, 15) is 9.59 Å². The van der Waals surface area contributed by atoms with Crippen LogP contribution in [-0.2, 0) is 19.1 Å². The summed E-state index contributed by atoms with van der Waals surface area (Å²) in [4.78, 5) is 25.7. The van der Waals surface area contributed by atoms with Gasteiger partial charge in [0.2, 0.25) is 5.91 Å². The summed E-state index contributed by atoms with van der Waals surface area (Å²) in [7, 11) is 1.58. The Morgan fingerprint density at radius 3 is 2.85 bits per heavy atom. The predicted molar refractivity (Wildman–Crippen MR) is 72.6 cm³/mol. The summed E-state index contributed by atoms with van der Waals surface area (Å²) in [6, 6.07) is -0.583. The van der Waals surface area contributed by atoms with Crippen LogP contribution in [0.4, 0.5) is 0 Å². The third kappa shape index (κ3) is 2.80. The molecule has 0 aromatic heterocycles. The van der Waals surface area contributed by atoms with Crippen molar-refractivity contribution >= 4 is 11.8 Å². The SMILES string of the molecule is CCC1=C(C(=O)N2C[C@@H](OC)C[C@H]2C(N)=O)CCCO1. The summed E-state index contributed by atoms with van der Waals surface area (Å²) in [5.74, 6) is 0.128. The van der Waals surface area contributed by atoms with Crippen LogP contribution in [0.2, 0.25) is 0 Å². The molecule has 2 amide bonds. The van der Waals surface area contributed by atoms with Crippen LogP contribution in [0.5, 0.6) is 0 Å². The van der Waals surface area contributed by atoms with Gasteiger partial charge in [-0.2, -0.15) is 0 Å². The van der Waals surface area contributed by atoms with Crippen molar-refractivity contribution in [1.82, 2.24) is 4.90 Å². The number of carbonyl (C=O) groups excluding carboxylic acids is 2. The van der Waals surface area contributed by atoms with Crippen LogP contribution in [0.25, 0.3) is 0 Å². The van der Waals surface area contributed by atoms with Crippen LogP contribution >= 0.6 is 0 Å². The third-order valence-electron chi connectivity index (χ3n) is 3.95. The summed E-state index contributed by atoms with van der Waals surface area (Å²) >= 11 is 0. The lowest BCUT2D eigenvalue weighted by atomic mass is 10.0. The van der Waals surface area contributed by atoms with Crippen molar-refractivity contribution in [3.05, 3.63) is 11.3 Å². The first-order chi connectivity index (χ1) is 9.58. The van der Waals surface area contributed by atoms with E-state index in [1.54, 1.807) is 7.11 Å². The van der Waals surface area contributed by atoms with Crippen LogP contribution in [0, 0.1) is 0 Å². The molecule has 0 saturated carbocycles. The number of hydrogen-bond donors (Lipinski definition) is 1. The maximum atomic E-state index is 12.7. The summed E-state index contributed by atoms with van der Waals surface area (Å²) in [5.41, 5.74) is 6.09. The molecule has 1 saturated heterocycles. The molecule has 6 nitrogen and oxygen atoms in total. The van der Waals surface area contributed by atoms with Gasteiger partial charge in [0, 0.05) is 26.5 Å². The van der Waals surface area contributed by atoms with Gasteiger partial charge in [-0.05, 0) is 12.8 Å². The van der Waals surface area contributed by atoms with Gasteiger partial charge in [-0.15, -0.1) is 0 Å². The molecule has 2 aliphatic heterocycles. The van der Waals surface area contributed by atoms with Crippen LogP contribution < -0.4 is 5.73 Å². The Morgan fingerprint density at radius 2 is 2.25 bits per heavy atom. The van der Waals surface area contributed by atoms with Crippen molar-refractivity contribution in [1.29, 1.82) is 0 Å². The van der Waals surface area contributed by atoms with Gasteiger partial charge in [0.1, 0.15) is 11.8 Å². The summed E-state index contributed by atoms with van der Waals surface area (Å²) < 4.78 is 10.8. The highest BCUT2D eigenvalue weighted by atomic mass is 16.5. The number of primary amides is 1. The van der Waals surface area contributed by atoms with Gasteiger partial charge in [-0.25, -0.2) is 0 Å². The number of allylic oxidation sites excluding steroid dienone is 1.